The van der Waals surface area contributed by atoms with Gasteiger partial charge in [0.25, 0.3) is 0 Å². The van der Waals surface area contributed by atoms with Gasteiger partial charge < -0.3 is 15.5 Å². The van der Waals surface area contributed by atoms with Crippen LogP contribution in [0.2, 0.25) is 0 Å². The minimum absolute atomic E-state index is 0.0302. The van der Waals surface area contributed by atoms with Crippen molar-refractivity contribution >= 4 is 11.9 Å². The lowest BCUT2D eigenvalue weighted by Crippen LogP contribution is -2.49. The molecule has 132 valence electrons. The summed E-state index contributed by atoms with van der Waals surface area (Å²) in [6.45, 7) is 6.32. The van der Waals surface area contributed by atoms with E-state index < -0.39 is 0 Å². The van der Waals surface area contributed by atoms with Gasteiger partial charge in [-0.05, 0) is 39.0 Å². The Morgan fingerprint density at radius 1 is 1.22 bits per heavy atom. The Hall–Kier alpha value is -1.26. The highest BCUT2D eigenvalue weighted by Gasteiger charge is 2.43. The summed E-state index contributed by atoms with van der Waals surface area (Å²) >= 11 is 0. The average Bonchev–Trinajstić information content (AvgIpc) is 3.22. The molecule has 0 radical (unpaired) electrons. The number of nitrogens with zero attached hydrogens (tertiary/aromatic N) is 2. The molecule has 2 fully saturated rings. The number of hydrogen-bond donors (Lipinski definition) is 2. The molecular weight excluding hydrogens is 288 g/mol. The number of rotatable bonds is 4. The van der Waals surface area contributed by atoms with Crippen molar-refractivity contribution in [1.29, 1.82) is 0 Å². The van der Waals surface area contributed by atoms with Crippen LogP contribution in [0.25, 0.3) is 0 Å². The lowest BCUT2D eigenvalue weighted by Gasteiger charge is -2.26. The lowest BCUT2D eigenvalue weighted by molar-refractivity contribution is -0.122. The molecule has 0 aromatic rings. The van der Waals surface area contributed by atoms with Crippen molar-refractivity contribution in [2.75, 3.05) is 20.6 Å². The van der Waals surface area contributed by atoms with E-state index in [1.165, 1.54) is 38.5 Å². The number of nitrogens with one attached hydrogen (secondary N) is 2. The number of guanidine groups is 1. The first-order valence-corrected chi connectivity index (χ1v) is 9.05. The van der Waals surface area contributed by atoms with E-state index in [1.807, 2.05) is 32.7 Å². The highest BCUT2D eigenvalue weighted by molar-refractivity contribution is 5.86. The zero-order valence-electron chi connectivity index (χ0n) is 15.5. The third-order valence-electron chi connectivity index (χ3n) is 4.88. The van der Waals surface area contributed by atoms with Crippen LogP contribution >= 0.6 is 0 Å². The molecule has 2 N–H and O–H groups in total. The van der Waals surface area contributed by atoms with Crippen LogP contribution in [0.1, 0.15) is 59.3 Å². The average molecular weight is 322 g/mol. The van der Waals surface area contributed by atoms with E-state index in [0.29, 0.717) is 12.6 Å². The Bertz CT molecular complexity index is 435. The molecule has 2 saturated carbocycles. The molecule has 0 aliphatic heterocycles. The summed E-state index contributed by atoms with van der Waals surface area (Å²) in [5, 5.41) is 6.55. The maximum absolute atomic E-state index is 12.1. The second-order valence-corrected chi connectivity index (χ2v) is 8.25. The smallest absolute Gasteiger partial charge is 0.240 e. The number of carbonyl (C=O) groups excluding carboxylic acids is 1. The molecule has 1 amide bonds. The van der Waals surface area contributed by atoms with Gasteiger partial charge in [0.05, 0.1) is 6.54 Å². The molecule has 0 bridgehead atoms. The second kappa shape index (κ2) is 7.54. The largest absolute Gasteiger partial charge is 0.353 e. The predicted molar refractivity (Wildman–Crippen MR) is 95.5 cm³/mol. The van der Waals surface area contributed by atoms with Gasteiger partial charge in [-0.15, -0.1) is 0 Å². The van der Waals surface area contributed by atoms with Crippen molar-refractivity contribution < 1.29 is 4.79 Å². The Kier molecular flexibility index (Phi) is 5.93. The molecular formula is C18H34N4O. The van der Waals surface area contributed by atoms with Gasteiger partial charge in [-0.3, -0.25) is 9.79 Å². The van der Waals surface area contributed by atoms with E-state index in [9.17, 15) is 4.79 Å². The highest BCUT2D eigenvalue weighted by atomic mass is 16.2. The monoisotopic (exact) mass is 322 g/mol. The Labute approximate surface area is 141 Å². The standard InChI is InChI=1S/C18H34N4O/c1-18(2,3)21-16(23)12-22(5)17(19-4)20-15-11-14(15)13-9-7-6-8-10-13/h13-15H,6-12H2,1-5H3,(H,19,20)(H,21,23). The van der Waals surface area contributed by atoms with Crippen LogP contribution in [-0.2, 0) is 4.79 Å². The summed E-state index contributed by atoms with van der Waals surface area (Å²) in [7, 11) is 3.72. The molecule has 2 atom stereocenters. The van der Waals surface area contributed by atoms with Crippen LogP contribution in [0.15, 0.2) is 4.99 Å². The lowest BCUT2D eigenvalue weighted by atomic mass is 9.85. The van der Waals surface area contributed by atoms with Gasteiger partial charge >= 0.3 is 0 Å². The van der Waals surface area contributed by atoms with Gasteiger partial charge in [-0.25, -0.2) is 0 Å². The van der Waals surface area contributed by atoms with Crippen molar-refractivity contribution in [3.63, 3.8) is 0 Å². The van der Waals surface area contributed by atoms with Crippen molar-refractivity contribution in [2.24, 2.45) is 16.8 Å². The van der Waals surface area contributed by atoms with E-state index in [1.54, 1.807) is 7.05 Å². The molecule has 2 aliphatic carbocycles. The van der Waals surface area contributed by atoms with Crippen LogP contribution in [0, 0.1) is 11.8 Å². The number of amides is 1. The Morgan fingerprint density at radius 3 is 2.43 bits per heavy atom. The van der Waals surface area contributed by atoms with Crippen molar-refractivity contribution in [3.05, 3.63) is 0 Å². The van der Waals surface area contributed by atoms with Gasteiger partial charge in [0.1, 0.15) is 0 Å². The fourth-order valence-electron chi connectivity index (χ4n) is 3.72. The van der Waals surface area contributed by atoms with Crippen LogP contribution in [0.5, 0.6) is 0 Å². The molecule has 2 rings (SSSR count). The molecule has 0 spiro atoms. The van der Waals surface area contributed by atoms with Gasteiger partial charge in [0.15, 0.2) is 5.96 Å². The van der Waals surface area contributed by atoms with Crippen LogP contribution in [0.3, 0.4) is 0 Å². The summed E-state index contributed by atoms with van der Waals surface area (Å²) in [6.07, 6.45) is 8.25. The van der Waals surface area contributed by atoms with Crippen molar-refractivity contribution in [2.45, 2.75) is 70.9 Å². The second-order valence-electron chi connectivity index (χ2n) is 8.25. The summed E-state index contributed by atoms with van der Waals surface area (Å²) in [6, 6.07) is 0.546. The first-order valence-electron chi connectivity index (χ1n) is 9.05. The molecule has 2 unspecified atom stereocenters. The third-order valence-corrected chi connectivity index (χ3v) is 4.88. The zero-order chi connectivity index (χ0) is 17.0. The Balaban J connectivity index is 1.78. The molecule has 0 aromatic carbocycles. The summed E-state index contributed by atoms with van der Waals surface area (Å²) in [4.78, 5) is 18.3. The van der Waals surface area contributed by atoms with Crippen LogP contribution < -0.4 is 10.6 Å². The fraction of sp³-hybridized carbons (Fsp3) is 0.889. The Morgan fingerprint density at radius 2 is 1.87 bits per heavy atom. The van der Waals surface area contributed by atoms with Gasteiger partial charge in [0.2, 0.25) is 5.91 Å². The van der Waals surface area contributed by atoms with Crippen molar-refractivity contribution in [1.82, 2.24) is 15.5 Å². The van der Waals surface area contributed by atoms with Crippen LogP contribution in [0.4, 0.5) is 0 Å². The van der Waals surface area contributed by atoms with Crippen molar-refractivity contribution in [3.8, 4) is 0 Å². The number of carbonyl (C=O) groups is 1. The molecule has 0 saturated heterocycles. The fourth-order valence-corrected chi connectivity index (χ4v) is 3.72. The van der Waals surface area contributed by atoms with E-state index in [4.69, 9.17) is 0 Å². The van der Waals surface area contributed by atoms with Gasteiger partial charge in [0, 0.05) is 25.7 Å². The van der Waals surface area contributed by atoms with Gasteiger partial charge in [-0.2, -0.15) is 0 Å². The van der Waals surface area contributed by atoms with E-state index in [0.717, 1.165) is 17.8 Å². The summed E-state index contributed by atoms with van der Waals surface area (Å²) in [5.74, 6) is 2.57. The van der Waals surface area contributed by atoms with E-state index >= 15 is 0 Å². The molecule has 0 heterocycles. The van der Waals surface area contributed by atoms with E-state index in [-0.39, 0.29) is 11.4 Å². The minimum Gasteiger partial charge on any atom is -0.353 e. The maximum Gasteiger partial charge on any atom is 0.240 e. The predicted octanol–water partition coefficient (Wildman–Crippen LogP) is 2.38. The summed E-state index contributed by atoms with van der Waals surface area (Å²) < 4.78 is 0. The zero-order valence-corrected chi connectivity index (χ0v) is 15.5. The normalized spacial score (nSPS) is 25.9. The topological polar surface area (TPSA) is 56.7 Å². The molecule has 23 heavy (non-hydrogen) atoms. The molecule has 5 heteroatoms. The number of likely N-dealkylation sites (N-methyl/N-ethyl adjacent to an activating group) is 1. The van der Waals surface area contributed by atoms with Crippen LogP contribution in [-0.4, -0.2) is 49.0 Å². The highest BCUT2D eigenvalue weighted by Crippen LogP contribution is 2.44. The van der Waals surface area contributed by atoms with E-state index in [2.05, 4.69) is 15.6 Å². The van der Waals surface area contributed by atoms with Gasteiger partial charge in [-0.1, -0.05) is 32.1 Å². The minimum atomic E-state index is -0.197. The molecule has 5 nitrogen and oxygen atoms in total. The summed E-state index contributed by atoms with van der Waals surface area (Å²) in [5.41, 5.74) is -0.197. The first-order chi connectivity index (χ1) is 10.8. The molecule has 0 aromatic heterocycles. The SMILES string of the molecule is CN=C(NC1CC1C1CCCCC1)N(C)CC(=O)NC(C)(C)C. The quantitative estimate of drug-likeness (QED) is 0.617. The molecule has 2 aliphatic rings. The third kappa shape index (κ3) is 5.70. The first kappa shape index (κ1) is 18.1. The number of hydrogen-bond acceptors (Lipinski definition) is 2. The number of aliphatic imine (C=N–C) groups is 1. The maximum atomic E-state index is 12.1.